The molecular weight excluding hydrogens is 382 g/mol. The largest absolute Gasteiger partial charge is 0.475 e. The molecule has 30 heavy (non-hydrogen) atoms. The van der Waals surface area contributed by atoms with Crippen LogP contribution in [0.15, 0.2) is 49.1 Å². The molecule has 8 nitrogen and oxygen atoms in total. The van der Waals surface area contributed by atoms with Crippen LogP contribution < -0.4 is 14.2 Å². The highest BCUT2D eigenvalue weighted by Gasteiger charge is 2.26. The molecule has 0 amide bonds. The van der Waals surface area contributed by atoms with E-state index in [1.165, 1.54) is 0 Å². The van der Waals surface area contributed by atoms with Crippen molar-refractivity contribution in [2.24, 2.45) is 0 Å². The third-order valence-electron chi connectivity index (χ3n) is 4.07. The average Bonchev–Trinajstić information content (AvgIpc) is 2.68. The number of hydrogen-bond donors (Lipinski definition) is 0. The summed E-state index contributed by atoms with van der Waals surface area (Å²) in [5.74, 6) is 2.11. The zero-order valence-corrected chi connectivity index (χ0v) is 17.9. The van der Waals surface area contributed by atoms with Crippen molar-refractivity contribution in [1.29, 1.82) is 0 Å². The molecule has 0 fully saturated rings. The van der Waals surface area contributed by atoms with Crippen molar-refractivity contribution in [2.75, 3.05) is 0 Å². The summed E-state index contributed by atoms with van der Waals surface area (Å²) in [4.78, 5) is 21.5. The van der Waals surface area contributed by atoms with E-state index >= 15 is 0 Å². The van der Waals surface area contributed by atoms with E-state index in [-0.39, 0.29) is 12.2 Å². The van der Waals surface area contributed by atoms with Crippen LogP contribution in [-0.2, 0) is 12.0 Å². The molecule has 3 heterocycles. The van der Waals surface area contributed by atoms with Gasteiger partial charge in [0.25, 0.3) is 0 Å². The van der Waals surface area contributed by atoms with Gasteiger partial charge in [0.2, 0.25) is 17.6 Å². The minimum absolute atomic E-state index is 0.0484. The van der Waals surface area contributed by atoms with Crippen molar-refractivity contribution >= 4 is 0 Å². The molecule has 0 bridgehead atoms. The first-order valence-corrected chi connectivity index (χ1v) is 9.89. The molecule has 0 aliphatic rings. The fourth-order valence-corrected chi connectivity index (χ4v) is 2.76. The quantitative estimate of drug-likeness (QED) is 0.527. The molecule has 8 heteroatoms. The normalized spacial score (nSPS) is 12.5. The molecule has 3 aromatic heterocycles. The molecule has 0 N–H and O–H groups in total. The van der Waals surface area contributed by atoms with Gasteiger partial charge in [0.1, 0.15) is 17.5 Å². The van der Waals surface area contributed by atoms with Crippen LogP contribution in [-0.4, -0.2) is 37.1 Å². The van der Waals surface area contributed by atoms with Gasteiger partial charge in [-0.05, 0) is 40.7 Å². The fraction of sp³-hybridized carbons (Fsp3) is 0.409. The Morgan fingerprint density at radius 2 is 1.70 bits per heavy atom. The standard InChI is InChI=1S/C22H27N5O3/c1-15(2)28-19-8-6-7-17(26-19)22(4,5)30-20-9-10-24-18(27-20)13-16(3)29-21-14-23-11-12-25-21/h6-12,14-16H,13H2,1-5H3. The van der Waals surface area contributed by atoms with Crippen LogP contribution in [0.1, 0.15) is 46.1 Å². The summed E-state index contributed by atoms with van der Waals surface area (Å²) in [6, 6.07) is 7.38. The van der Waals surface area contributed by atoms with Crippen LogP contribution in [0.5, 0.6) is 17.6 Å². The van der Waals surface area contributed by atoms with Crippen molar-refractivity contribution in [3.05, 3.63) is 60.6 Å². The van der Waals surface area contributed by atoms with E-state index in [1.807, 2.05) is 52.8 Å². The van der Waals surface area contributed by atoms with Gasteiger partial charge >= 0.3 is 0 Å². The molecular formula is C22H27N5O3. The first-order chi connectivity index (χ1) is 14.3. The Hall–Kier alpha value is -3.29. The molecule has 0 radical (unpaired) electrons. The van der Waals surface area contributed by atoms with Gasteiger partial charge in [0.15, 0.2) is 0 Å². The van der Waals surface area contributed by atoms with Crippen molar-refractivity contribution in [1.82, 2.24) is 24.9 Å². The van der Waals surface area contributed by atoms with Crippen LogP contribution in [0.3, 0.4) is 0 Å². The SMILES string of the molecule is CC(C)Oc1cccc(C(C)(C)Oc2ccnc(CC(C)Oc3cnccn3)n2)n1. The Bertz CT molecular complexity index is 950. The molecule has 3 aromatic rings. The van der Waals surface area contributed by atoms with Crippen LogP contribution in [0.4, 0.5) is 0 Å². The second-order valence-corrected chi connectivity index (χ2v) is 7.63. The summed E-state index contributed by atoms with van der Waals surface area (Å²) in [5, 5.41) is 0. The summed E-state index contributed by atoms with van der Waals surface area (Å²) < 4.78 is 17.6. The Kier molecular flexibility index (Phi) is 6.76. The number of rotatable bonds is 9. The summed E-state index contributed by atoms with van der Waals surface area (Å²) in [7, 11) is 0. The number of aromatic nitrogens is 5. The van der Waals surface area contributed by atoms with Gasteiger partial charge in [0.05, 0.1) is 18.0 Å². The lowest BCUT2D eigenvalue weighted by Crippen LogP contribution is -2.27. The van der Waals surface area contributed by atoms with Gasteiger partial charge in [-0.2, -0.15) is 4.98 Å². The van der Waals surface area contributed by atoms with E-state index in [2.05, 4.69) is 24.9 Å². The van der Waals surface area contributed by atoms with Crippen molar-refractivity contribution in [3.63, 3.8) is 0 Å². The topological polar surface area (TPSA) is 92.1 Å². The maximum Gasteiger partial charge on any atom is 0.232 e. The van der Waals surface area contributed by atoms with E-state index in [0.717, 1.165) is 5.69 Å². The number of hydrogen-bond acceptors (Lipinski definition) is 8. The Balaban J connectivity index is 1.68. The van der Waals surface area contributed by atoms with E-state index in [0.29, 0.717) is 29.9 Å². The maximum absolute atomic E-state index is 6.16. The smallest absolute Gasteiger partial charge is 0.232 e. The maximum atomic E-state index is 6.16. The predicted octanol–water partition coefficient (Wildman–Crippen LogP) is 3.77. The fourth-order valence-electron chi connectivity index (χ4n) is 2.76. The van der Waals surface area contributed by atoms with Crippen LogP contribution in [0.25, 0.3) is 0 Å². The average molecular weight is 409 g/mol. The molecule has 3 rings (SSSR count). The van der Waals surface area contributed by atoms with Gasteiger partial charge in [-0.15, -0.1) is 0 Å². The molecule has 0 aliphatic carbocycles. The summed E-state index contributed by atoms with van der Waals surface area (Å²) in [6.07, 6.45) is 6.82. The zero-order valence-electron chi connectivity index (χ0n) is 17.9. The minimum Gasteiger partial charge on any atom is -0.475 e. The molecule has 0 spiro atoms. The van der Waals surface area contributed by atoms with E-state index < -0.39 is 5.60 Å². The lowest BCUT2D eigenvalue weighted by atomic mass is 10.0. The second-order valence-electron chi connectivity index (χ2n) is 7.63. The summed E-state index contributed by atoms with van der Waals surface area (Å²) in [6.45, 7) is 9.74. The molecule has 1 unspecified atom stereocenters. The van der Waals surface area contributed by atoms with Crippen LogP contribution in [0, 0.1) is 0 Å². The van der Waals surface area contributed by atoms with Crippen LogP contribution in [0.2, 0.25) is 0 Å². The molecule has 158 valence electrons. The van der Waals surface area contributed by atoms with Gasteiger partial charge in [-0.25, -0.2) is 15.0 Å². The first kappa shape index (κ1) is 21.4. The van der Waals surface area contributed by atoms with Gasteiger partial charge in [-0.1, -0.05) is 6.07 Å². The Morgan fingerprint density at radius 1 is 0.867 bits per heavy atom. The Labute approximate surface area is 176 Å². The third-order valence-corrected chi connectivity index (χ3v) is 4.07. The summed E-state index contributed by atoms with van der Waals surface area (Å²) in [5.41, 5.74) is 0.0455. The van der Waals surface area contributed by atoms with Gasteiger partial charge in [-0.3, -0.25) is 4.98 Å². The number of pyridine rings is 1. The monoisotopic (exact) mass is 409 g/mol. The van der Waals surface area contributed by atoms with Crippen molar-refractivity contribution in [2.45, 2.75) is 58.8 Å². The van der Waals surface area contributed by atoms with Crippen molar-refractivity contribution < 1.29 is 14.2 Å². The minimum atomic E-state index is -0.705. The lowest BCUT2D eigenvalue weighted by molar-refractivity contribution is 0.0950. The summed E-state index contributed by atoms with van der Waals surface area (Å²) >= 11 is 0. The second kappa shape index (κ2) is 9.47. The molecule has 1 atom stereocenters. The van der Waals surface area contributed by atoms with Crippen molar-refractivity contribution in [3.8, 4) is 17.6 Å². The molecule has 0 saturated heterocycles. The number of nitrogens with zero attached hydrogens (tertiary/aromatic N) is 5. The first-order valence-electron chi connectivity index (χ1n) is 9.89. The predicted molar refractivity (Wildman–Crippen MR) is 112 cm³/mol. The van der Waals surface area contributed by atoms with E-state index in [4.69, 9.17) is 14.2 Å². The molecule has 0 aliphatic heterocycles. The molecule has 0 aromatic carbocycles. The van der Waals surface area contributed by atoms with E-state index in [1.54, 1.807) is 30.9 Å². The van der Waals surface area contributed by atoms with Gasteiger partial charge in [0, 0.05) is 37.1 Å². The van der Waals surface area contributed by atoms with Gasteiger partial charge < -0.3 is 14.2 Å². The zero-order chi connectivity index (χ0) is 21.6. The van der Waals surface area contributed by atoms with E-state index in [9.17, 15) is 0 Å². The highest BCUT2D eigenvalue weighted by molar-refractivity contribution is 5.22. The molecule has 0 saturated carbocycles. The highest BCUT2D eigenvalue weighted by Crippen LogP contribution is 2.26. The Morgan fingerprint density at radius 3 is 2.43 bits per heavy atom. The third kappa shape index (κ3) is 6.10. The van der Waals surface area contributed by atoms with Crippen LogP contribution >= 0.6 is 0 Å². The number of ether oxygens (including phenoxy) is 3. The highest BCUT2D eigenvalue weighted by atomic mass is 16.5. The lowest BCUT2D eigenvalue weighted by Gasteiger charge is -2.26.